The van der Waals surface area contributed by atoms with Gasteiger partial charge in [0.05, 0.1) is 11.5 Å². The fourth-order valence-electron chi connectivity index (χ4n) is 5.69. The second-order valence-electron chi connectivity index (χ2n) is 9.92. The van der Waals surface area contributed by atoms with Crippen LogP contribution in [0.4, 0.5) is 5.13 Å². The molecule has 1 aliphatic carbocycles. The van der Waals surface area contributed by atoms with Crippen LogP contribution in [0.5, 0.6) is 11.5 Å². The summed E-state index contributed by atoms with van der Waals surface area (Å²) in [5, 5.41) is 4.52. The minimum absolute atomic E-state index is 0.0124. The van der Waals surface area contributed by atoms with Crippen LogP contribution in [0, 0.1) is 0 Å². The van der Waals surface area contributed by atoms with Gasteiger partial charge in [-0.25, -0.2) is 4.98 Å². The minimum Gasteiger partial charge on any atom is -0.454 e. The van der Waals surface area contributed by atoms with Crippen molar-refractivity contribution in [2.75, 3.05) is 18.7 Å². The third kappa shape index (κ3) is 4.27. The van der Waals surface area contributed by atoms with Crippen LogP contribution in [-0.2, 0) is 10.2 Å². The van der Waals surface area contributed by atoms with E-state index >= 15 is 0 Å². The molecule has 0 bridgehead atoms. The molecule has 0 radical (unpaired) electrons. The number of nitrogens with zero attached hydrogens (tertiary/aromatic N) is 2. The fraction of sp³-hybridized carbons (Fsp3) is 0.429. The zero-order valence-electron chi connectivity index (χ0n) is 20.3. The van der Waals surface area contributed by atoms with E-state index in [1.165, 1.54) is 19.3 Å². The quantitative estimate of drug-likeness (QED) is 0.363. The van der Waals surface area contributed by atoms with Crippen molar-refractivity contribution in [1.82, 2.24) is 9.88 Å². The number of fused-ring (bicyclic) bond motifs is 1. The van der Waals surface area contributed by atoms with Crippen molar-refractivity contribution in [2.45, 2.75) is 62.9 Å². The number of ether oxygens (including phenoxy) is 2. The number of rotatable bonds is 8. The highest BCUT2D eigenvalue weighted by Crippen LogP contribution is 2.51. The van der Waals surface area contributed by atoms with Crippen LogP contribution in [0.2, 0.25) is 5.02 Å². The van der Waals surface area contributed by atoms with Crippen molar-refractivity contribution < 1.29 is 14.3 Å². The van der Waals surface area contributed by atoms with Gasteiger partial charge in [-0.3, -0.25) is 9.69 Å². The maximum Gasteiger partial charge on any atom is 0.236 e. The minimum atomic E-state index is -0.532. The molecule has 3 heterocycles. The lowest BCUT2D eigenvalue weighted by molar-refractivity contribution is -0.118. The molecule has 3 aliphatic rings. The zero-order valence-corrected chi connectivity index (χ0v) is 21.9. The van der Waals surface area contributed by atoms with Crippen molar-refractivity contribution in [3.63, 3.8) is 0 Å². The predicted octanol–water partition coefficient (Wildman–Crippen LogP) is 6.55. The Morgan fingerprint density at radius 1 is 1.25 bits per heavy atom. The average molecular weight is 524 g/mol. The molecule has 1 unspecified atom stereocenters. The molecule has 188 valence electrons. The second kappa shape index (κ2) is 9.69. The van der Waals surface area contributed by atoms with Gasteiger partial charge in [0.1, 0.15) is 0 Å². The highest BCUT2D eigenvalue weighted by Gasteiger charge is 2.52. The van der Waals surface area contributed by atoms with Crippen molar-refractivity contribution in [3.05, 3.63) is 69.7 Å². The van der Waals surface area contributed by atoms with Gasteiger partial charge in [0.2, 0.25) is 12.7 Å². The number of nitrogens with one attached hydrogen (secondary N) is 1. The first kappa shape index (κ1) is 23.8. The van der Waals surface area contributed by atoms with Crippen LogP contribution >= 0.6 is 22.9 Å². The maximum absolute atomic E-state index is 13.4. The number of aromatic nitrogens is 1. The Balaban J connectivity index is 1.26. The van der Waals surface area contributed by atoms with Crippen LogP contribution in [0.15, 0.2) is 48.7 Å². The lowest BCUT2D eigenvalue weighted by atomic mass is 9.94. The summed E-state index contributed by atoms with van der Waals surface area (Å²) in [4.78, 5) is 21.8. The number of amides is 1. The van der Waals surface area contributed by atoms with Gasteiger partial charge in [-0.15, -0.1) is 0 Å². The van der Waals surface area contributed by atoms with Gasteiger partial charge in [-0.2, -0.15) is 0 Å². The number of benzene rings is 2. The Kier molecular flexibility index (Phi) is 6.40. The largest absolute Gasteiger partial charge is 0.454 e. The molecule has 2 aliphatic heterocycles. The lowest BCUT2D eigenvalue weighted by Crippen LogP contribution is -2.34. The topological polar surface area (TPSA) is 63.7 Å². The summed E-state index contributed by atoms with van der Waals surface area (Å²) in [6, 6.07) is 14.5. The Hall–Kier alpha value is -2.61. The summed E-state index contributed by atoms with van der Waals surface area (Å²) in [5.41, 5.74) is 1.54. The van der Waals surface area contributed by atoms with E-state index in [1.54, 1.807) is 11.3 Å². The third-order valence-corrected chi connectivity index (χ3v) is 9.01. The number of carbonyl (C=O) groups excluding carboxylic acids is 1. The molecule has 1 aromatic heterocycles. The molecule has 2 aromatic carbocycles. The molecule has 36 heavy (non-hydrogen) atoms. The van der Waals surface area contributed by atoms with Crippen LogP contribution in [0.1, 0.15) is 67.5 Å². The molecule has 3 aromatic rings. The van der Waals surface area contributed by atoms with Crippen LogP contribution in [0.3, 0.4) is 0 Å². The fourth-order valence-corrected chi connectivity index (χ4v) is 6.88. The predicted molar refractivity (Wildman–Crippen MR) is 142 cm³/mol. The van der Waals surface area contributed by atoms with Crippen molar-refractivity contribution in [1.29, 1.82) is 0 Å². The highest BCUT2D eigenvalue weighted by atomic mass is 35.5. The lowest BCUT2D eigenvalue weighted by Gasteiger charge is -2.33. The van der Waals surface area contributed by atoms with Gasteiger partial charge < -0.3 is 14.8 Å². The van der Waals surface area contributed by atoms with E-state index in [0.29, 0.717) is 16.9 Å². The van der Waals surface area contributed by atoms with E-state index in [4.69, 9.17) is 21.1 Å². The number of carbonyl (C=O) groups is 1. The van der Waals surface area contributed by atoms with Gasteiger partial charge >= 0.3 is 0 Å². The highest BCUT2D eigenvalue weighted by molar-refractivity contribution is 7.15. The number of halogens is 1. The summed E-state index contributed by atoms with van der Waals surface area (Å²) in [6.45, 7) is 3.51. The molecule has 1 saturated carbocycles. The zero-order chi connectivity index (χ0) is 24.7. The smallest absolute Gasteiger partial charge is 0.236 e. The van der Waals surface area contributed by atoms with Crippen LogP contribution < -0.4 is 14.8 Å². The van der Waals surface area contributed by atoms with Crippen molar-refractivity contribution in [3.8, 4) is 11.5 Å². The van der Waals surface area contributed by atoms with Crippen LogP contribution in [-0.4, -0.2) is 35.2 Å². The molecule has 0 spiro atoms. The number of thiazole rings is 1. The summed E-state index contributed by atoms with van der Waals surface area (Å²) < 4.78 is 11.0. The van der Waals surface area contributed by atoms with Gasteiger partial charge in [0.15, 0.2) is 16.6 Å². The Morgan fingerprint density at radius 3 is 2.89 bits per heavy atom. The third-order valence-electron chi connectivity index (χ3n) is 7.70. The first-order valence-corrected chi connectivity index (χ1v) is 14.0. The molecule has 1 saturated heterocycles. The Morgan fingerprint density at radius 2 is 2.08 bits per heavy atom. The molecule has 6 rings (SSSR count). The Bertz CT molecular complexity index is 1270. The van der Waals surface area contributed by atoms with Gasteiger partial charge in [-0.1, -0.05) is 60.5 Å². The number of hydrogen-bond donors (Lipinski definition) is 1. The summed E-state index contributed by atoms with van der Waals surface area (Å²) >= 11 is 8.26. The molecule has 1 N–H and O–H groups in total. The van der Waals surface area contributed by atoms with Crippen molar-refractivity contribution in [2.24, 2.45) is 0 Å². The summed E-state index contributed by atoms with van der Waals surface area (Å²) in [5.74, 6) is 1.42. The summed E-state index contributed by atoms with van der Waals surface area (Å²) in [6.07, 6.45) is 8.25. The molecule has 1 amide bonds. The van der Waals surface area contributed by atoms with Crippen LogP contribution in [0.25, 0.3) is 0 Å². The van der Waals surface area contributed by atoms with Gasteiger partial charge in [0, 0.05) is 22.1 Å². The molecule has 2 atom stereocenters. The first-order valence-electron chi connectivity index (χ1n) is 12.8. The van der Waals surface area contributed by atoms with E-state index in [9.17, 15) is 4.79 Å². The second-order valence-corrected chi connectivity index (χ2v) is 11.4. The van der Waals surface area contributed by atoms with Gasteiger partial charge in [0.25, 0.3) is 0 Å². The molecular weight excluding hydrogens is 494 g/mol. The van der Waals surface area contributed by atoms with E-state index in [1.807, 2.05) is 42.6 Å². The monoisotopic (exact) mass is 523 g/mol. The summed E-state index contributed by atoms with van der Waals surface area (Å²) in [7, 11) is 0. The van der Waals surface area contributed by atoms with Crippen molar-refractivity contribution >= 4 is 34.0 Å². The molecular formula is C28H30ClN3O3S. The van der Waals surface area contributed by atoms with E-state index in [2.05, 4.69) is 28.2 Å². The normalized spacial score (nSPS) is 20.9. The average Bonchev–Trinajstić information content (AvgIpc) is 3.19. The standard InChI is InChI=1S/C28H30ClN3O3S/c1-2-6-19-7-5-14-32(19)25(20-8-3-4-9-21(20)29)24-16-30-27(36-24)31-26(33)28(12-13-28)18-10-11-22-23(15-18)35-17-34-22/h3-4,8-11,15-16,19,25H,2,5-7,12-14,17H2,1H3,(H,30,31,33)/t19-,25?/m0/s1. The number of likely N-dealkylation sites (tertiary alicyclic amines) is 1. The maximum atomic E-state index is 13.4. The first-order chi connectivity index (χ1) is 17.6. The number of hydrogen-bond acceptors (Lipinski definition) is 6. The van der Waals surface area contributed by atoms with Gasteiger partial charge in [-0.05, 0) is 68.0 Å². The molecule has 8 heteroatoms. The molecule has 2 fully saturated rings. The van der Waals surface area contributed by atoms with E-state index < -0.39 is 5.41 Å². The Labute approximate surface area is 220 Å². The molecule has 6 nitrogen and oxygen atoms in total. The van der Waals surface area contributed by atoms with E-state index in [0.717, 1.165) is 52.6 Å². The van der Waals surface area contributed by atoms with E-state index in [-0.39, 0.29) is 18.7 Å². The SMILES string of the molecule is CCC[C@H]1CCCN1C(c1cnc(NC(=O)C2(c3ccc4c(c3)OCO4)CC2)s1)c1ccccc1Cl. The number of anilines is 1.